The number of nitrogens with zero attached hydrogens (tertiary/aromatic N) is 1. The molecule has 0 fully saturated rings. The predicted octanol–water partition coefficient (Wildman–Crippen LogP) is 4.59. The molecule has 5 rings (SSSR count). The van der Waals surface area contributed by atoms with Crippen molar-refractivity contribution in [2.75, 3.05) is 6.61 Å². The van der Waals surface area contributed by atoms with Crippen LogP contribution in [0.15, 0.2) is 66.7 Å². The maximum Gasteiger partial charge on any atom is 0.410 e. The van der Waals surface area contributed by atoms with Gasteiger partial charge in [-0.2, -0.15) is 0 Å². The van der Waals surface area contributed by atoms with E-state index < -0.39 is 23.9 Å². The van der Waals surface area contributed by atoms with Crippen molar-refractivity contribution in [3.8, 4) is 11.1 Å². The van der Waals surface area contributed by atoms with Crippen molar-refractivity contribution in [2.45, 2.75) is 24.9 Å². The Morgan fingerprint density at radius 1 is 0.968 bits per heavy atom. The number of fused-ring (bicyclic) bond motifs is 4. The fourth-order valence-electron chi connectivity index (χ4n) is 4.64. The number of ether oxygens (including phenoxy) is 1. The molecule has 2 aliphatic rings. The smallest absolute Gasteiger partial charge is 0.410 e. The molecule has 31 heavy (non-hydrogen) atoms. The van der Waals surface area contributed by atoms with Crippen LogP contribution < -0.4 is 0 Å². The molecule has 0 aromatic heterocycles. The number of amides is 1. The topological polar surface area (TPSA) is 66.8 Å². The molecule has 1 atom stereocenters. The van der Waals surface area contributed by atoms with Crippen LogP contribution in [0.3, 0.4) is 0 Å². The SMILES string of the molecule is O=C(O)C1Cc2cc(F)ccc2CN1C(=O)OCC1c2ccccc2-c2ccccc21. The van der Waals surface area contributed by atoms with Crippen molar-refractivity contribution in [3.63, 3.8) is 0 Å². The molecule has 1 unspecified atom stereocenters. The van der Waals surface area contributed by atoms with Gasteiger partial charge >= 0.3 is 12.1 Å². The summed E-state index contributed by atoms with van der Waals surface area (Å²) in [6.45, 7) is 0.190. The van der Waals surface area contributed by atoms with E-state index in [0.717, 1.165) is 27.8 Å². The number of carbonyl (C=O) groups excluding carboxylic acids is 1. The maximum atomic E-state index is 13.6. The van der Waals surface area contributed by atoms with Crippen LogP contribution in [0.4, 0.5) is 9.18 Å². The molecule has 1 aliphatic carbocycles. The van der Waals surface area contributed by atoms with E-state index in [-0.39, 0.29) is 25.5 Å². The van der Waals surface area contributed by atoms with Crippen molar-refractivity contribution < 1.29 is 23.8 Å². The minimum absolute atomic E-state index is 0.0482. The van der Waals surface area contributed by atoms with Gasteiger partial charge in [0.15, 0.2) is 0 Å². The lowest BCUT2D eigenvalue weighted by Gasteiger charge is -2.34. The zero-order valence-electron chi connectivity index (χ0n) is 16.6. The van der Waals surface area contributed by atoms with Gasteiger partial charge in [0, 0.05) is 12.3 Å². The van der Waals surface area contributed by atoms with E-state index in [0.29, 0.717) is 5.56 Å². The second-order valence-corrected chi connectivity index (χ2v) is 7.90. The minimum Gasteiger partial charge on any atom is -0.480 e. The van der Waals surface area contributed by atoms with E-state index in [1.54, 1.807) is 6.07 Å². The highest BCUT2D eigenvalue weighted by Gasteiger charge is 2.37. The number of carbonyl (C=O) groups is 2. The molecular formula is C25H20FNO4. The monoisotopic (exact) mass is 417 g/mol. The summed E-state index contributed by atoms with van der Waals surface area (Å²) in [4.78, 5) is 26.0. The van der Waals surface area contributed by atoms with Gasteiger partial charge in [0.05, 0.1) is 6.54 Å². The highest BCUT2D eigenvalue weighted by atomic mass is 19.1. The van der Waals surface area contributed by atoms with E-state index in [9.17, 15) is 19.1 Å². The van der Waals surface area contributed by atoms with Gasteiger partial charge in [-0.1, -0.05) is 54.6 Å². The van der Waals surface area contributed by atoms with Gasteiger partial charge in [-0.25, -0.2) is 14.0 Å². The molecule has 1 heterocycles. The van der Waals surface area contributed by atoms with Crippen molar-refractivity contribution in [2.24, 2.45) is 0 Å². The molecule has 156 valence electrons. The quantitative estimate of drug-likeness (QED) is 0.677. The lowest BCUT2D eigenvalue weighted by atomic mass is 9.94. The molecule has 5 nitrogen and oxygen atoms in total. The number of carboxylic acid groups (broad SMARTS) is 1. The summed E-state index contributed by atoms with van der Waals surface area (Å²) in [6.07, 6.45) is -0.628. The fourth-order valence-corrected chi connectivity index (χ4v) is 4.64. The highest BCUT2D eigenvalue weighted by molar-refractivity contribution is 5.82. The first kappa shape index (κ1) is 19.3. The zero-order valence-corrected chi connectivity index (χ0v) is 16.6. The van der Waals surface area contributed by atoms with E-state index in [1.807, 2.05) is 36.4 Å². The van der Waals surface area contributed by atoms with Crippen molar-refractivity contribution in [1.29, 1.82) is 0 Å². The van der Waals surface area contributed by atoms with Gasteiger partial charge < -0.3 is 9.84 Å². The Kier molecular flexibility index (Phi) is 4.70. The van der Waals surface area contributed by atoms with Crippen LogP contribution >= 0.6 is 0 Å². The molecule has 3 aromatic rings. The van der Waals surface area contributed by atoms with Gasteiger partial charge in [-0.15, -0.1) is 0 Å². The fraction of sp³-hybridized carbons (Fsp3) is 0.200. The Labute approximate surface area is 178 Å². The summed E-state index contributed by atoms with van der Waals surface area (Å²) in [5, 5.41) is 9.65. The zero-order chi connectivity index (χ0) is 21.5. The lowest BCUT2D eigenvalue weighted by molar-refractivity contribution is -0.143. The second-order valence-electron chi connectivity index (χ2n) is 7.90. The summed E-state index contributed by atoms with van der Waals surface area (Å²) in [5.74, 6) is -1.66. The third-order valence-corrected chi connectivity index (χ3v) is 6.15. The molecule has 3 aromatic carbocycles. The van der Waals surface area contributed by atoms with E-state index in [4.69, 9.17) is 4.74 Å². The van der Waals surface area contributed by atoms with Gasteiger partial charge in [0.2, 0.25) is 0 Å². The van der Waals surface area contributed by atoms with Crippen molar-refractivity contribution >= 4 is 12.1 Å². The number of benzene rings is 3. The van der Waals surface area contributed by atoms with Crippen LogP contribution in [0, 0.1) is 5.82 Å². The van der Waals surface area contributed by atoms with Gasteiger partial charge in [-0.05, 0) is 45.5 Å². The average Bonchev–Trinajstić information content (AvgIpc) is 3.10. The number of halogens is 1. The van der Waals surface area contributed by atoms with E-state index in [1.165, 1.54) is 17.0 Å². The average molecular weight is 417 g/mol. The number of carboxylic acids is 1. The number of hydrogen-bond acceptors (Lipinski definition) is 3. The Morgan fingerprint density at radius 3 is 2.26 bits per heavy atom. The standard InChI is InChI=1S/C25H20FNO4/c26-17-10-9-15-13-27(23(24(28)29)12-16(15)11-17)25(30)31-14-22-20-7-3-1-5-18(20)19-6-2-4-8-21(19)22/h1-11,22-23H,12-14H2,(H,28,29). The van der Waals surface area contributed by atoms with Crippen LogP contribution in [0.2, 0.25) is 0 Å². The molecule has 1 aliphatic heterocycles. The summed E-state index contributed by atoms with van der Waals surface area (Å²) >= 11 is 0. The Hall–Kier alpha value is -3.67. The van der Waals surface area contributed by atoms with Crippen molar-refractivity contribution in [1.82, 2.24) is 4.90 Å². The van der Waals surface area contributed by atoms with Crippen LogP contribution in [-0.4, -0.2) is 34.7 Å². The summed E-state index contributed by atoms with van der Waals surface area (Å²) in [6, 6.07) is 19.2. The molecule has 0 radical (unpaired) electrons. The third-order valence-electron chi connectivity index (χ3n) is 6.15. The third kappa shape index (κ3) is 3.34. The summed E-state index contributed by atoms with van der Waals surface area (Å²) < 4.78 is 19.2. The molecule has 1 N–H and O–H groups in total. The number of aliphatic carboxylic acids is 1. The van der Waals surface area contributed by atoms with Crippen LogP contribution in [0.25, 0.3) is 11.1 Å². The van der Waals surface area contributed by atoms with E-state index in [2.05, 4.69) is 12.1 Å². The van der Waals surface area contributed by atoms with Crippen LogP contribution in [-0.2, 0) is 22.5 Å². The lowest BCUT2D eigenvalue weighted by Crippen LogP contribution is -2.49. The van der Waals surface area contributed by atoms with Crippen LogP contribution in [0.5, 0.6) is 0 Å². The molecular weight excluding hydrogens is 397 g/mol. The molecule has 1 amide bonds. The van der Waals surface area contributed by atoms with Gasteiger partial charge in [0.1, 0.15) is 18.5 Å². The first-order valence-corrected chi connectivity index (χ1v) is 10.1. The van der Waals surface area contributed by atoms with Crippen molar-refractivity contribution in [3.05, 3.63) is 94.8 Å². The highest BCUT2D eigenvalue weighted by Crippen LogP contribution is 2.44. The molecule has 0 bridgehead atoms. The number of hydrogen-bond donors (Lipinski definition) is 1. The van der Waals surface area contributed by atoms with Gasteiger partial charge in [0.25, 0.3) is 0 Å². The molecule has 0 saturated heterocycles. The Balaban J connectivity index is 1.38. The largest absolute Gasteiger partial charge is 0.480 e. The van der Waals surface area contributed by atoms with Crippen LogP contribution in [0.1, 0.15) is 28.2 Å². The first-order chi connectivity index (χ1) is 15.0. The van der Waals surface area contributed by atoms with Gasteiger partial charge in [-0.3, -0.25) is 4.90 Å². The maximum absolute atomic E-state index is 13.6. The second kappa shape index (κ2) is 7.54. The Bertz CT molecular complexity index is 1150. The minimum atomic E-state index is -1.14. The molecule has 6 heteroatoms. The molecule has 0 spiro atoms. The summed E-state index contributed by atoms with van der Waals surface area (Å²) in [7, 11) is 0. The summed E-state index contributed by atoms with van der Waals surface area (Å²) in [5.41, 5.74) is 5.76. The number of rotatable bonds is 3. The van der Waals surface area contributed by atoms with E-state index >= 15 is 0 Å². The first-order valence-electron chi connectivity index (χ1n) is 10.1. The predicted molar refractivity (Wildman–Crippen MR) is 112 cm³/mol. The Morgan fingerprint density at radius 2 is 1.61 bits per heavy atom. The molecule has 0 saturated carbocycles. The normalized spacial score (nSPS) is 16.9.